The van der Waals surface area contributed by atoms with Crippen LogP contribution in [0.3, 0.4) is 0 Å². The van der Waals surface area contributed by atoms with Gasteiger partial charge in [-0.05, 0) is 19.9 Å². The Balaban J connectivity index is 2.47. The molecule has 4 nitrogen and oxygen atoms in total. The van der Waals surface area contributed by atoms with Gasteiger partial charge in [0.05, 0.1) is 18.2 Å². The number of nitrogens with two attached hydrogens (primary N) is 1. The van der Waals surface area contributed by atoms with Crippen LogP contribution in [-0.2, 0) is 0 Å². The molecule has 1 aromatic carbocycles. The van der Waals surface area contributed by atoms with Crippen LogP contribution in [0.15, 0.2) is 24.4 Å². The van der Waals surface area contributed by atoms with Crippen molar-refractivity contribution in [3.05, 3.63) is 45.4 Å². The molecular formula is C13H17N3OS. The summed E-state index contributed by atoms with van der Waals surface area (Å²) in [7, 11) is 1.67. The molecule has 0 fully saturated rings. The number of nitrogens with zero attached hydrogens (tertiary/aromatic N) is 1. The van der Waals surface area contributed by atoms with E-state index in [0.29, 0.717) is 0 Å². The third-order valence-electron chi connectivity index (χ3n) is 2.79. The molecule has 1 heterocycles. The lowest BCUT2D eigenvalue weighted by atomic mass is 10.0. The van der Waals surface area contributed by atoms with Crippen molar-refractivity contribution in [1.82, 2.24) is 10.4 Å². The lowest BCUT2D eigenvalue weighted by Gasteiger charge is -2.18. The average molecular weight is 263 g/mol. The van der Waals surface area contributed by atoms with Crippen molar-refractivity contribution in [1.29, 1.82) is 0 Å². The van der Waals surface area contributed by atoms with Crippen LogP contribution < -0.4 is 16.0 Å². The van der Waals surface area contributed by atoms with Gasteiger partial charge < -0.3 is 4.74 Å². The van der Waals surface area contributed by atoms with Gasteiger partial charge in [-0.3, -0.25) is 5.84 Å². The molecule has 0 aliphatic heterocycles. The quantitative estimate of drug-likeness (QED) is 0.656. The number of rotatable bonds is 4. The molecule has 0 aliphatic rings. The molecule has 1 unspecified atom stereocenters. The van der Waals surface area contributed by atoms with Crippen LogP contribution >= 0.6 is 11.3 Å². The predicted molar refractivity (Wildman–Crippen MR) is 73.7 cm³/mol. The Morgan fingerprint density at radius 3 is 2.72 bits per heavy atom. The zero-order valence-electron chi connectivity index (χ0n) is 10.7. The molecule has 2 aromatic rings. The lowest BCUT2D eigenvalue weighted by Crippen LogP contribution is -2.28. The van der Waals surface area contributed by atoms with Crippen molar-refractivity contribution in [3.63, 3.8) is 0 Å². The van der Waals surface area contributed by atoms with Crippen LogP contribution in [0, 0.1) is 13.8 Å². The predicted octanol–water partition coefficient (Wildman–Crippen LogP) is 2.32. The lowest BCUT2D eigenvalue weighted by molar-refractivity contribution is 0.404. The average Bonchev–Trinajstić information content (AvgIpc) is 2.77. The second kappa shape index (κ2) is 5.48. The van der Waals surface area contributed by atoms with Gasteiger partial charge in [-0.25, -0.2) is 10.4 Å². The van der Waals surface area contributed by atoms with E-state index in [9.17, 15) is 0 Å². The molecule has 18 heavy (non-hydrogen) atoms. The first-order valence-corrected chi connectivity index (χ1v) is 6.50. The van der Waals surface area contributed by atoms with E-state index >= 15 is 0 Å². The van der Waals surface area contributed by atoms with E-state index in [-0.39, 0.29) is 6.04 Å². The maximum atomic E-state index is 5.69. The number of nitrogens with one attached hydrogen (secondary N) is 1. The van der Waals surface area contributed by atoms with E-state index in [4.69, 9.17) is 10.6 Å². The summed E-state index contributed by atoms with van der Waals surface area (Å²) in [6, 6.07) is 5.97. The minimum absolute atomic E-state index is 0.0916. The first-order valence-electron chi connectivity index (χ1n) is 5.68. The summed E-state index contributed by atoms with van der Waals surface area (Å²) in [5, 5.41) is 1.02. The molecule has 0 radical (unpaired) electrons. The van der Waals surface area contributed by atoms with Gasteiger partial charge in [-0.2, -0.15) is 0 Å². The number of ether oxygens (including phenoxy) is 1. The number of thiazole rings is 1. The molecule has 0 aliphatic carbocycles. The molecule has 0 saturated heterocycles. The molecule has 1 aromatic heterocycles. The van der Waals surface area contributed by atoms with Gasteiger partial charge in [0.2, 0.25) is 0 Å². The topological polar surface area (TPSA) is 60.2 Å². The highest BCUT2D eigenvalue weighted by atomic mass is 32.1. The van der Waals surface area contributed by atoms with Crippen molar-refractivity contribution in [2.24, 2.45) is 5.84 Å². The first kappa shape index (κ1) is 13.0. The Morgan fingerprint density at radius 2 is 2.17 bits per heavy atom. The van der Waals surface area contributed by atoms with Crippen molar-refractivity contribution in [3.8, 4) is 5.75 Å². The first-order chi connectivity index (χ1) is 8.65. The van der Waals surface area contributed by atoms with E-state index in [1.54, 1.807) is 18.4 Å². The zero-order valence-corrected chi connectivity index (χ0v) is 11.5. The van der Waals surface area contributed by atoms with E-state index < -0.39 is 0 Å². The van der Waals surface area contributed by atoms with Gasteiger partial charge in [0.15, 0.2) is 0 Å². The second-order valence-corrected chi connectivity index (χ2v) is 5.39. The van der Waals surface area contributed by atoms with Gasteiger partial charge >= 0.3 is 0 Å². The minimum atomic E-state index is -0.0916. The van der Waals surface area contributed by atoms with E-state index in [1.807, 2.05) is 25.3 Å². The summed E-state index contributed by atoms with van der Waals surface area (Å²) < 4.78 is 5.40. The van der Waals surface area contributed by atoms with Crippen molar-refractivity contribution in [2.45, 2.75) is 19.9 Å². The third kappa shape index (κ3) is 2.53. The van der Waals surface area contributed by atoms with Crippen LogP contribution in [0.2, 0.25) is 0 Å². The molecule has 1 atom stereocenters. The van der Waals surface area contributed by atoms with Gasteiger partial charge in [-0.1, -0.05) is 17.7 Å². The van der Waals surface area contributed by atoms with Gasteiger partial charge in [-0.15, -0.1) is 11.3 Å². The Labute approximate surface area is 111 Å². The number of hydrazine groups is 1. The van der Waals surface area contributed by atoms with Gasteiger partial charge in [0.1, 0.15) is 5.75 Å². The molecule has 0 spiro atoms. The molecule has 5 heteroatoms. The number of hydrogen-bond donors (Lipinski definition) is 2. The Kier molecular flexibility index (Phi) is 3.96. The summed E-state index contributed by atoms with van der Waals surface area (Å²) in [4.78, 5) is 5.35. The maximum absolute atomic E-state index is 5.69. The number of benzene rings is 1. The number of methoxy groups -OCH3 is 1. The summed E-state index contributed by atoms with van der Waals surface area (Å²) in [6.45, 7) is 4.03. The van der Waals surface area contributed by atoms with E-state index in [2.05, 4.69) is 23.4 Å². The fourth-order valence-corrected chi connectivity index (χ4v) is 2.78. The molecule has 0 amide bonds. The largest absolute Gasteiger partial charge is 0.496 e. The van der Waals surface area contributed by atoms with Gasteiger partial charge in [0.25, 0.3) is 0 Å². The highest BCUT2D eigenvalue weighted by molar-refractivity contribution is 7.11. The number of aryl methyl sites for hydroxylation is 2. The monoisotopic (exact) mass is 263 g/mol. The molecule has 96 valence electrons. The van der Waals surface area contributed by atoms with Crippen LogP contribution in [0.1, 0.15) is 27.1 Å². The normalized spacial score (nSPS) is 12.4. The highest BCUT2D eigenvalue weighted by Gasteiger charge is 2.19. The van der Waals surface area contributed by atoms with Crippen LogP contribution in [0.4, 0.5) is 0 Å². The summed E-state index contributed by atoms with van der Waals surface area (Å²) in [5.41, 5.74) is 5.04. The highest BCUT2D eigenvalue weighted by Crippen LogP contribution is 2.32. The van der Waals surface area contributed by atoms with Crippen molar-refractivity contribution >= 4 is 11.3 Å². The zero-order chi connectivity index (χ0) is 13.1. The molecule has 0 saturated carbocycles. The minimum Gasteiger partial charge on any atom is -0.496 e. The molecule has 2 rings (SSSR count). The van der Waals surface area contributed by atoms with Crippen LogP contribution in [-0.4, -0.2) is 12.1 Å². The Morgan fingerprint density at radius 1 is 1.39 bits per heavy atom. The van der Waals surface area contributed by atoms with Crippen LogP contribution in [0.25, 0.3) is 0 Å². The SMILES string of the molecule is COc1ccc(C)cc1C(NN)c1cnc(C)s1. The third-order valence-corrected chi connectivity index (χ3v) is 3.76. The van der Waals surface area contributed by atoms with Gasteiger partial charge in [0, 0.05) is 16.6 Å². The standard InChI is InChI=1S/C13H17N3OS/c1-8-4-5-11(17-3)10(6-8)13(16-14)12-7-15-9(2)18-12/h4-7,13,16H,14H2,1-3H3. The maximum Gasteiger partial charge on any atom is 0.124 e. The fourth-order valence-electron chi connectivity index (χ4n) is 1.92. The van der Waals surface area contributed by atoms with E-state index in [0.717, 1.165) is 21.2 Å². The smallest absolute Gasteiger partial charge is 0.124 e. The van der Waals surface area contributed by atoms with E-state index in [1.165, 1.54) is 5.56 Å². The summed E-state index contributed by atoms with van der Waals surface area (Å²) in [5.74, 6) is 6.52. The molecular weight excluding hydrogens is 246 g/mol. The van der Waals surface area contributed by atoms with Crippen molar-refractivity contribution in [2.75, 3.05) is 7.11 Å². The Hall–Kier alpha value is -1.43. The number of aromatic nitrogens is 1. The molecule has 3 N–H and O–H groups in total. The fraction of sp³-hybridized carbons (Fsp3) is 0.308. The molecule has 0 bridgehead atoms. The van der Waals surface area contributed by atoms with Crippen molar-refractivity contribution < 1.29 is 4.74 Å². The van der Waals surface area contributed by atoms with Crippen LogP contribution in [0.5, 0.6) is 5.75 Å². The summed E-state index contributed by atoms with van der Waals surface area (Å²) >= 11 is 1.63. The summed E-state index contributed by atoms with van der Waals surface area (Å²) in [6.07, 6.45) is 1.85. The number of hydrogen-bond acceptors (Lipinski definition) is 5. The second-order valence-electron chi connectivity index (χ2n) is 4.13. The Bertz CT molecular complexity index is 539.